The number of non-ortho nitro benzene ring substituents is 1. The molecule has 2 aromatic carbocycles. The van der Waals surface area contributed by atoms with Gasteiger partial charge in [0, 0.05) is 17.6 Å². The van der Waals surface area contributed by atoms with Crippen LogP contribution in [0.5, 0.6) is 23.0 Å². The number of nitro benzene ring substituents is 1. The SMILES string of the molecule is COc1cc2nccc(Oc3c(F)cc([N+](=O)[O-])cc3F)c2cc1OC1(C)CC1. The molecule has 1 saturated carbocycles. The molecule has 1 aliphatic carbocycles. The quantitative estimate of drug-likeness (QED) is 0.419. The molecule has 1 fully saturated rings. The maximum atomic E-state index is 14.3. The molecule has 4 rings (SSSR count). The first-order chi connectivity index (χ1) is 13.8. The fourth-order valence-corrected chi connectivity index (χ4v) is 2.86. The van der Waals surface area contributed by atoms with Crippen LogP contribution in [0.25, 0.3) is 10.9 Å². The van der Waals surface area contributed by atoms with E-state index in [1.165, 1.54) is 19.4 Å². The van der Waals surface area contributed by atoms with Crippen LogP contribution in [-0.4, -0.2) is 22.6 Å². The third kappa shape index (κ3) is 3.63. The van der Waals surface area contributed by atoms with Crippen LogP contribution in [0.1, 0.15) is 19.8 Å². The zero-order valence-electron chi connectivity index (χ0n) is 15.6. The highest BCUT2D eigenvalue weighted by molar-refractivity contribution is 5.88. The summed E-state index contributed by atoms with van der Waals surface area (Å²) in [6.45, 7) is 1.97. The number of methoxy groups -OCH3 is 1. The first-order valence-corrected chi connectivity index (χ1v) is 8.77. The smallest absolute Gasteiger partial charge is 0.275 e. The van der Waals surface area contributed by atoms with Crippen molar-refractivity contribution in [3.05, 3.63) is 58.3 Å². The molecule has 0 radical (unpaired) electrons. The van der Waals surface area contributed by atoms with Crippen LogP contribution < -0.4 is 14.2 Å². The maximum absolute atomic E-state index is 14.3. The second kappa shape index (κ2) is 6.84. The summed E-state index contributed by atoms with van der Waals surface area (Å²) in [5.74, 6) is -2.05. The van der Waals surface area contributed by atoms with Gasteiger partial charge in [-0.15, -0.1) is 0 Å². The monoisotopic (exact) mass is 402 g/mol. The minimum atomic E-state index is -1.18. The Morgan fingerprint density at radius 1 is 1.10 bits per heavy atom. The Morgan fingerprint density at radius 2 is 1.79 bits per heavy atom. The summed E-state index contributed by atoms with van der Waals surface area (Å²) in [6.07, 6.45) is 3.23. The standard InChI is InChI=1S/C20H16F2N2O5/c1-20(4-5-20)29-18-9-12-15(10-17(18)27-2)23-6-3-16(12)28-19-13(21)7-11(24(25)26)8-14(19)22/h3,6-10H,4-5H2,1-2H3. The van der Waals surface area contributed by atoms with Crippen molar-refractivity contribution in [2.75, 3.05) is 7.11 Å². The van der Waals surface area contributed by atoms with Crippen LogP contribution in [-0.2, 0) is 0 Å². The van der Waals surface area contributed by atoms with E-state index in [4.69, 9.17) is 14.2 Å². The molecule has 0 amide bonds. The number of halogens is 2. The van der Waals surface area contributed by atoms with Crippen LogP contribution in [0.3, 0.4) is 0 Å². The van der Waals surface area contributed by atoms with E-state index < -0.39 is 28.0 Å². The van der Waals surface area contributed by atoms with Crippen molar-refractivity contribution in [1.29, 1.82) is 0 Å². The molecule has 1 aliphatic rings. The lowest BCUT2D eigenvalue weighted by Gasteiger charge is -2.17. The number of ether oxygens (including phenoxy) is 3. The van der Waals surface area contributed by atoms with E-state index in [1.54, 1.807) is 12.1 Å². The van der Waals surface area contributed by atoms with Crippen molar-refractivity contribution in [3.63, 3.8) is 0 Å². The summed E-state index contributed by atoms with van der Waals surface area (Å²) < 4.78 is 45.3. The largest absolute Gasteiger partial charge is 0.493 e. The van der Waals surface area contributed by atoms with Gasteiger partial charge in [-0.3, -0.25) is 15.1 Å². The van der Waals surface area contributed by atoms with Gasteiger partial charge < -0.3 is 14.2 Å². The Kier molecular flexibility index (Phi) is 4.45. The lowest BCUT2D eigenvalue weighted by atomic mass is 10.1. The molecule has 0 saturated heterocycles. The molecular weight excluding hydrogens is 386 g/mol. The Morgan fingerprint density at radius 3 is 2.38 bits per heavy atom. The van der Waals surface area contributed by atoms with Crippen LogP contribution >= 0.6 is 0 Å². The van der Waals surface area contributed by atoms with Crippen molar-refractivity contribution in [1.82, 2.24) is 4.98 Å². The number of benzene rings is 2. The molecule has 0 N–H and O–H groups in total. The highest BCUT2D eigenvalue weighted by Crippen LogP contribution is 2.45. The summed E-state index contributed by atoms with van der Waals surface area (Å²) in [6, 6.07) is 5.94. The summed E-state index contributed by atoms with van der Waals surface area (Å²) in [4.78, 5) is 14.1. The Balaban J connectivity index is 1.78. The van der Waals surface area contributed by atoms with Crippen molar-refractivity contribution < 1.29 is 27.9 Å². The maximum Gasteiger partial charge on any atom is 0.275 e. The zero-order chi connectivity index (χ0) is 20.8. The van der Waals surface area contributed by atoms with Gasteiger partial charge in [-0.1, -0.05) is 0 Å². The second-order valence-electron chi connectivity index (χ2n) is 6.98. The van der Waals surface area contributed by atoms with E-state index in [0.717, 1.165) is 12.8 Å². The van der Waals surface area contributed by atoms with Gasteiger partial charge in [-0.25, -0.2) is 8.78 Å². The summed E-state index contributed by atoms with van der Waals surface area (Å²) in [7, 11) is 1.51. The summed E-state index contributed by atoms with van der Waals surface area (Å²) in [5.41, 5.74) is -0.513. The topological polar surface area (TPSA) is 83.7 Å². The van der Waals surface area contributed by atoms with Gasteiger partial charge in [-0.05, 0) is 31.9 Å². The van der Waals surface area contributed by atoms with Crippen LogP contribution in [0.15, 0.2) is 36.5 Å². The van der Waals surface area contributed by atoms with Crippen molar-refractivity contribution >= 4 is 16.6 Å². The molecule has 0 atom stereocenters. The number of fused-ring (bicyclic) bond motifs is 1. The molecule has 29 heavy (non-hydrogen) atoms. The summed E-state index contributed by atoms with van der Waals surface area (Å²) >= 11 is 0. The fourth-order valence-electron chi connectivity index (χ4n) is 2.86. The van der Waals surface area contributed by atoms with Gasteiger partial charge in [-0.2, -0.15) is 0 Å². The molecule has 150 valence electrons. The van der Waals surface area contributed by atoms with E-state index in [2.05, 4.69) is 4.98 Å². The third-order valence-electron chi connectivity index (χ3n) is 4.70. The lowest BCUT2D eigenvalue weighted by Crippen LogP contribution is -2.12. The van der Waals surface area contributed by atoms with Gasteiger partial charge >= 0.3 is 0 Å². The molecule has 9 heteroatoms. The number of nitrogens with zero attached hydrogens (tertiary/aromatic N) is 2. The van der Waals surface area contributed by atoms with Gasteiger partial charge in [0.1, 0.15) is 11.4 Å². The molecule has 1 heterocycles. The lowest BCUT2D eigenvalue weighted by molar-refractivity contribution is -0.385. The Hall–Kier alpha value is -3.49. The van der Waals surface area contributed by atoms with Crippen LogP contribution in [0.2, 0.25) is 0 Å². The highest BCUT2D eigenvalue weighted by Gasteiger charge is 2.40. The predicted octanol–water partition coefficient (Wildman–Crippen LogP) is 5.15. The summed E-state index contributed by atoms with van der Waals surface area (Å²) in [5, 5.41) is 11.2. The van der Waals surface area contributed by atoms with E-state index in [-0.39, 0.29) is 11.4 Å². The molecular formula is C20H16F2N2O5. The van der Waals surface area contributed by atoms with Gasteiger partial charge in [0.15, 0.2) is 28.9 Å². The van der Waals surface area contributed by atoms with Crippen LogP contribution in [0, 0.1) is 21.7 Å². The number of rotatable bonds is 6. The number of hydrogen-bond donors (Lipinski definition) is 0. The van der Waals surface area contributed by atoms with E-state index in [9.17, 15) is 18.9 Å². The molecule has 0 aliphatic heterocycles. The normalized spacial score (nSPS) is 14.5. The molecule has 3 aromatic rings. The Bertz CT molecular complexity index is 1110. The third-order valence-corrected chi connectivity index (χ3v) is 4.70. The minimum absolute atomic E-state index is 0.120. The average molecular weight is 402 g/mol. The van der Waals surface area contributed by atoms with Gasteiger partial charge in [0.25, 0.3) is 5.69 Å². The Labute approximate surface area is 164 Å². The van der Waals surface area contributed by atoms with Crippen molar-refractivity contribution in [2.24, 2.45) is 0 Å². The van der Waals surface area contributed by atoms with E-state index in [1.807, 2.05) is 6.92 Å². The molecule has 0 spiro atoms. The minimum Gasteiger partial charge on any atom is -0.493 e. The number of hydrogen-bond acceptors (Lipinski definition) is 6. The predicted molar refractivity (Wildman–Crippen MR) is 99.6 cm³/mol. The molecule has 7 nitrogen and oxygen atoms in total. The number of nitro groups is 1. The fraction of sp³-hybridized carbons (Fsp3) is 0.250. The molecule has 0 bridgehead atoms. The molecule has 0 unspecified atom stereocenters. The molecule has 1 aromatic heterocycles. The van der Waals surface area contributed by atoms with Crippen molar-refractivity contribution in [3.8, 4) is 23.0 Å². The van der Waals surface area contributed by atoms with E-state index in [0.29, 0.717) is 34.5 Å². The number of aromatic nitrogens is 1. The van der Waals surface area contributed by atoms with Gasteiger partial charge in [0.2, 0.25) is 0 Å². The highest BCUT2D eigenvalue weighted by atomic mass is 19.1. The van der Waals surface area contributed by atoms with Crippen molar-refractivity contribution in [2.45, 2.75) is 25.4 Å². The van der Waals surface area contributed by atoms with Crippen LogP contribution in [0.4, 0.5) is 14.5 Å². The first kappa shape index (κ1) is 18.9. The van der Waals surface area contributed by atoms with Gasteiger partial charge in [0.05, 0.1) is 29.7 Å². The van der Waals surface area contributed by atoms with E-state index >= 15 is 0 Å². The second-order valence-corrected chi connectivity index (χ2v) is 6.98. The first-order valence-electron chi connectivity index (χ1n) is 8.77. The zero-order valence-corrected chi connectivity index (χ0v) is 15.6. The number of pyridine rings is 1. The average Bonchev–Trinajstić information content (AvgIpc) is 3.40.